The number of aryl methyl sites for hydroxylation is 1. The molecular weight excluding hydrogens is 282 g/mol. The van der Waals surface area contributed by atoms with Crippen molar-refractivity contribution >= 4 is 22.6 Å². The Bertz CT molecular complexity index is 720. The number of furan rings is 1. The van der Waals surface area contributed by atoms with Crippen molar-refractivity contribution < 1.29 is 4.42 Å². The van der Waals surface area contributed by atoms with E-state index in [2.05, 4.69) is 35.6 Å². The highest BCUT2D eigenvalue weighted by atomic mass is 35.5. The van der Waals surface area contributed by atoms with Gasteiger partial charge in [-0.15, -0.1) is 0 Å². The second kappa shape index (κ2) is 6.33. The zero-order valence-electron chi connectivity index (χ0n) is 12.0. The fraction of sp³-hybridized carbons (Fsp3) is 0.222. The van der Waals surface area contributed by atoms with Crippen molar-refractivity contribution in [2.24, 2.45) is 0 Å². The van der Waals surface area contributed by atoms with Crippen molar-refractivity contribution in [1.82, 2.24) is 5.32 Å². The van der Waals surface area contributed by atoms with E-state index < -0.39 is 0 Å². The predicted octanol–water partition coefficient (Wildman–Crippen LogP) is 4.98. The maximum atomic E-state index is 6.18. The zero-order chi connectivity index (χ0) is 14.7. The monoisotopic (exact) mass is 299 g/mol. The third-order valence-corrected chi connectivity index (χ3v) is 4.07. The summed E-state index contributed by atoms with van der Waals surface area (Å²) in [4.78, 5) is 0. The molecule has 3 rings (SSSR count). The van der Waals surface area contributed by atoms with Gasteiger partial charge in [0.05, 0.1) is 11.1 Å². The third kappa shape index (κ3) is 3.12. The lowest BCUT2D eigenvalue weighted by Gasteiger charge is -2.13. The van der Waals surface area contributed by atoms with Crippen molar-refractivity contribution in [3.05, 3.63) is 70.9 Å². The molecule has 0 radical (unpaired) electrons. The van der Waals surface area contributed by atoms with Gasteiger partial charge < -0.3 is 9.73 Å². The lowest BCUT2D eigenvalue weighted by molar-refractivity contribution is 0.433. The second-order valence-corrected chi connectivity index (χ2v) is 5.58. The summed E-state index contributed by atoms with van der Waals surface area (Å²) in [7, 11) is 1.96. The smallest absolute Gasteiger partial charge is 0.152 e. The molecule has 0 saturated heterocycles. The fourth-order valence-corrected chi connectivity index (χ4v) is 2.82. The Balaban J connectivity index is 1.80. The molecule has 0 aliphatic carbocycles. The summed E-state index contributed by atoms with van der Waals surface area (Å²) in [5, 5.41) is 5.05. The van der Waals surface area contributed by atoms with E-state index in [0.717, 1.165) is 29.6 Å². The van der Waals surface area contributed by atoms with Gasteiger partial charge in [-0.1, -0.05) is 54.1 Å². The molecule has 3 heteroatoms. The summed E-state index contributed by atoms with van der Waals surface area (Å²) < 4.78 is 5.95. The molecule has 0 fully saturated rings. The molecule has 1 unspecified atom stereocenters. The van der Waals surface area contributed by atoms with Gasteiger partial charge in [-0.3, -0.25) is 0 Å². The molecule has 0 aliphatic heterocycles. The standard InChI is InChI=1S/C18H18ClNO/c1-20-16(11-10-13-6-3-2-4-7-13)17-12-14-8-5-9-15(19)18(14)21-17/h2-9,12,16,20H,10-11H2,1H3. The maximum absolute atomic E-state index is 6.18. The van der Waals surface area contributed by atoms with Crippen LogP contribution < -0.4 is 5.32 Å². The van der Waals surface area contributed by atoms with Gasteiger partial charge in [0.15, 0.2) is 5.58 Å². The molecule has 0 bridgehead atoms. The number of hydrogen-bond donors (Lipinski definition) is 1. The average Bonchev–Trinajstić information content (AvgIpc) is 2.94. The SMILES string of the molecule is CNC(CCc1ccccc1)c1cc2cccc(Cl)c2o1. The summed E-state index contributed by atoms with van der Waals surface area (Å²) in [6.45, 7) is 0. The highest BCUT2D eigenvalue weighted by molar-refractivity contribution is 6.34. The molecule has 3 aromatic rings. The van der Waals surface area contributed by atoms with Crippen molar-refractivity contribution in [3.8, 4) is 0 Å². The van der Waals surface area contributed by atoms with Gasteiger partial charge in [-0.25, -0.2) is 0 Å². The van der Waals surface area contributed by atoms with Crippen LogP contribution in [0, 0.1) is 0 Å². The number of rotatable bonds is 5. The van der Waals surface area contributed by atoms with Gasteiger partial charge in [0, 0.05) is 5.39 Å². The normalized spacial score (nSPS) is 12.7. The second-order valence-electron chi connectivity index (χ2n) is 5.17. The molecule has 2 aromatic carbocycles. The third-order valence-electron chi connectivity index (χ3n) is 3.77. The number of para-hydroxylation sites is 1. The zero-order valence-corrected chi connectivity index (χ0v) is 12.7. The Hall–Kier alpha value is -1.77. The summed E-state index contributed by atoms with van der Waals surface area (Å²) in [6, 6.07) is 18.6. The Morgan fingerprint density at radius 3 is 2.62 bits per heavy atom. The van der Waals surface area contributed by atoms with Crippen LogP contribution in [0.5, 0.6) is 0 Å². The Morgan fingerprint density at radius 1 is 1.10 bits per heavy atom. The summed E-state index contributed by atoms with van der Waals surface area (Å²) in [6.07, 6.45) is 2.00. The first-order valence-corrected chi connectivity index (χ1v) is 7.55. The largest absolute Gasteiger partial charge is 0.458 e. The Kier molecular flexibility index (Phi) is 4.28. The number of benzene rings is 2. The van der Waals surface area contributed by atoms with Crippen LogP contribution in [0.15, 0.2) is 59.0 Å². The lowest BCUT2D eigenvalue weighted by Crippen LogP contribution is -2.16. The highest BCUT2D eigenvalue weighted by Crippen LogP contribution is 2.30. The molecule has 1 aromatic heterocycles. The summed E-state index contributed by atoms with van der Waals surface area (Å²) in [5.41, 5.74) is 2.11. The van der Waals surface area contributed by atoms with Crippen LogP contribution in [-0.2, 0) is 6.42 Å². The lowest BCUT2D eigenvalue weighted by atomic mass is 10.0. The molecule has 108 valence electrons. The van der Waals surface area contributed by atoms with E-state index >= 15 is 0 Å². The van der Waals surface area contributed by atoms with Crippen molar-refractivity contribution in [2.45, 2.75) is 18.9 Å². The van der Waals surface area contributed by atoms with Crippen LogP contribution in [0.1, 0.15) is 23.8 Å². The van der Waals surface area contributed by atoms with Gasteiger partial charge in [0.1, 0.15) is 5.76 Å². The molecule has 1 atom stereocenters. The molecule has 0 saturated carbocycles. The minimum Gasteiger partial charge on any atom is -0.458 e. The van der Waals surface area contributed by atoms with Crippen LogP contribution in [0.2, 0.25) is 5.02 Å². The van der Waals surface area contributed by atoms with E-state index in [-0.39, 0.29) is 6.04 Å². The molecule has 0 aliphatic rings. The van der Waals surface area contributed by atoms with Crippen LogP contribution in [0.25, 0.3) is 11.0 Å². The van der Waals surface area contributed by atoms with E-state index in [0.29, 0.717) is 5.02 Å². The van der Waals surface area contributed by atoms with Gasteiger partial charge in [0.25, 0.3) is 0 Å². The molecule has 21 heavy (non-hydrogen) atoms. The van der Waals surface area contributed by atoms with Crippen molar-refractivity contribution in [1.29, 1.82) is 0 Å². The fourth-order valence-electron chi connectivity index (χ4n) is 2.60. The summed E-state index contributed by atoms with van der Waals surface area (Å²) >= 11 is 6.18. The van der Waals surface area contributed by atoms with Crippen LogP contribution in [0.4, 0.5) is 0 Å². The number of hydrogen-bond acceptors (Lipinski definition) is 2. The van der Waals surface area contributed by atoms with Gasteiger partial charge in [-0.2, -0.15) is 0 Å². The minimum absolute atomic E-state index is 0.189. The number of fused-ring (bicyclic) bond motifs is 1. The molecule has 1 heterocycles. The predicted molar refractivity (Wildman–Crippen MR) is 87.8 cm³/mol. The Labute approximate surface area is 129 Å². The summed E-state index contributed by atoms with van der Waals surface area (Å²) in [5.74, 6) is 0.941. The maximum Gasteiger partial charge on any atom is 0.152 e. The topological polar surface area (TPSA) is 25.2 Å². The van der Waals surface area contributed by atoms with E-state index in [1.54, 1.807) is 0 Å². The highest BCUT2D eigenvalue weighted by Gasteiger charge is 2.15. The van der Waals surface area contributed by atoms with E-state index in [1.165, 1.54) is 5.56 Å². The number of halogens is 1. The Morgan fingerprint density at radius 2 is 1.90 bits per heavy atom. The van der Waals surface area contributed by atoms with Gasteiger partial charge in [-0.05, 0) is 37.6 Å². The van der Waals surface area contributed by atoms with Crippen molar-refractivity contribution in [2.75, 3.05) is 7.05 Å². The first kappa shape index (κ1) is 14.2. The van der Waals surface area contributed by atoms with E-state index in [9.17, 15) is 0 Å². The first-order chi connectivity index (χ1) is 10.3. The van der Waals surface area contributed by atoms with Gasteiger partial charge >= 0.3 is 0 Å². The first-order valence-electron chi connectivity index (χ1n) is 7.17. The molecule has 0 spiro atoms. The van der Waals surface area contributed by atoms with E-state index in [1.807, 2.05) is 31.3 Å². The van der Waals surface area contributed by atoms with E-state index in [4.69, 9.17) is 16.0 Å². The van der Waals surface area contributed by atoms with Crippen molar-refractivity contribution in [3.63, 3.8) is 0 Å². The molecule has 1 N–H and O–H groups in total. The number of nitrogens with one attached hydrogen (secondary N) is 1. The quantitative estimate of drug-likeness (QED) is 0.719. The minimum atomic E-state index is 0.189. The molecular formula is C18H18ClNO. The van der Waals surface area contributed by atoms with Crippen LogP contribution in [-0.4, -0.2) is 7.05 Å². The average molecular weight is 300 g/mol. The molecule has 2 nitrogen and oxygen atoms in total. The van der Waals surface area contributed by atoms with Crippen LogP contribution >= 0.6 is 11.6 Å². The van der Waals surface area contributed by atoms with Gasteiger partial charge in [0.2, 0.25) is 0 Å². The van der Waals surface area contributed by atoms with Crippen LogP contribution in [0.3, 0.4) is 0 Å². The molecule has 0 amide bonds.